The molecule has 0 saturated heterocycles. The van der Waals surface area contributed by atoms with Gasteiger partial charge in [0.25, 0.3) is 0 Å². The zero-order chi connectivity index (χ0) is 5.54. The third-order valence-electron chi connectivity index (χ3n) is 0.325. The summed E-state index contributed by atoms with van der Waals surface area (Å²) >= 11 is 2.10. The summed E-state index contributed by atoms with van der Waals surface area (Å²) in [4.78, 5) is 4.36. The van der Waals surface area contributed by atoms with E-state index in [0.29, 0.717) is 0 Å². The highest BCUT2D eigenvalue weighted by molar-refractivity contribution is 14.1. The predicted octanol–water partition coefficient (Wildman–Crippen LogP) is 1.57. The smallest absolute Gasteiger partial charge is 0.106 e. The average molecular weight is 211 g/mol. The van der Waals surface area contributed by atoms with Crippen LogP contribution >= 0.6 is 22.6 Å². The molecule has 0 aliphatic rings. The summed E-state index contributed by atoms with van der Waals surface area (Å²) < 4.78 is 1.85. The second-order valence-corrected chi connectivity index (χ2v) is 1.47. The van der Waals surface area contributed by atoms with Gasteiger partial charge in [0.2, 0.25) is 0 Å². The zero-order valence-corrected chi connectivity index (χ0v) is 6.12. The average Bonchev–Trinajstić information content (AvgIpc) is 1.69. The number of halogens is 1. The maximum Gasteiger partial charge on any atom is 0.106 e. The van der Waals surface area contributed by atoms with Crippen LogP contribution in [0.25, 0.3) is 0 Å². The molecular formula is C4H6INO. The van der Waals surface area contributed by atoms with E-state index in [0.717, 1.165) is 0 Å². The molecule has 0 heterocycles. The molecule has 0 radical (unpaired) electrons. The first-order valence-electron chi connectivity index (χ1n) is 1.73. The molecule has 0 N–H and O–H groups in total. The van der Waals surface area contributed by atoms with Crippen LogP contribution in [0.4, 0.5) is 0 Å². The van der Waals surface area contributed by atoms with E-state index in [1.807, 2.05) is 4.08 Å². The first kappa shape index (κ1) is 6.94. The summed E-state index contributed by atoms with van der Waals surface area (Å²) in [6.45, 7) is 0. The van der Waals surface area contributed by atoms with Gasteiger partial charge in [0.15, 0.2) is 0 Å². The van der Waals surface area contributed by atoms with Crippen LogP contribution in [0.2, 0.25) is 0 Å². The summed E-state index contributed by atoms with van der Waals surface area (Å²) in [5.41, 5.74) is 0. The number of nitrogens with zero attached hydrogens (tertiary/aromatic N) is 1. The number of hydrogen-bond acceptors (Lipinski definition) is 2. The van der Waals surface area contributed by atoms with Gasteiger partial charge in [-0.05, 0) is 10.2 Å². The minimum Gasteiger partial charge on any atom is -0.399 e. The van der Waals surface area contributed by atoms with Crippen LogP contribution in [0.1, 0.15) is 0 Å². The maximum atomic E-state index is 4.36. The maximum absolute atomic E-state index is 4.36. The molecule has 40 valence electrons. The van der Waals surface area contributed by atoms with Crippen molar-refractivity contribution in [1.29, 1.82) is 0 Å². The molecule has 0 aromatic rings. The summed E-state index contributed by atoms with van der Waals surface area (Å²) in [5, 5.41) is 3.44. The van der Waals surface area contributed by atoms with Crippen molar-refractivity contribution in [2.24, 2.45) is 5.16 Å². The molecule has 0 bridgehead atoms. The molecule has 7 heavy (non-hydrogen) atoms. The number of hydrogen-bond donors (Lipinski definition) is 0. The molecule has 0 aromatic carbocycles. The van der Waals surface area contributed by atoms with Gasteiger partial charge in [0.05, 0.1) is 6.21 Å². The lowest BCUT2D eigenvalue weighted by Gasteiger charge is -1.77. The summed E-state index contributed by atoms with van der Waals surface area (Å²) in [6.07, 6.45) is 3.36. The van der Waals surface area contributed by atoms with Gasteiger partial charge < -0.3 is 4.84 Å². The van der Waals surface area contributed by atoms with Gasteiger partial charge in [-0.2, -0.15) is 0 Å². The van der Waals surface area contributed by atoms with E-state index in [9.17, 15) is 0 Å². The van der Waals surface area contributed by atoms with Crippen molar-refractivity contribution in [3.05, 3.63) is 10.2 Å². The van der Waals surface area contributed by atoms with Crippen molar-refractivity contribution in [3.8, 4) is 0 Å². The van der Waals surface area contributed by atoms with Gasteiger partial charge in [-0.15, -0.1) is 0 Å². The molecule has 0 rings (SSSR count). The second-order valence-electron chi connectivity index (χ2n) is 0.755. The van der Waals surface area contributed by atoms with Gasteiger partial charge in [-0.1, -0.05) is 27.7 Å². The van der Waals surface area contributed by atoms with Gasteiger partial charge in [-0.3, -0.25) is 0 Å². The van der Waals surface area contributed by atoms with E-state index in [4.69, 9.17) is 0 Å². The molecule has 0 aliphatic heterocycles. The molecule has 0 spiro atoms. The number of rotatable bonds is 2. The van der Waals surface area contributed by atoms with Crippen molar-refractivity contribution in [3.63, 3.8) is 0 Å². The topological polar surface area (TPSA) is 21.6 Å². The SMILES string of the molecule is CO/N=C/C=C\I. The number of allylic oxidation sites excluding steroid dienone is 1. The summed E-state index contributed by atoms with van der Waals surface area (Å²) in [7, 11) is 1.51. The molecule has 0 atom stereocenters. The summed E-state index contributed by atoms with van der Waals surface area (Å²) in [6, 6.07) is 0. The van der Waals surface area contributed by atoms with E-state index in [1.54, 1.807) is 12.3 Å². The highest BCUT2D eigenvalue weighted by atomic mass is 127. The lowest BCUT2D eigenvalue weighted by molar-refractivity contribution is 0.215. The molecule has 2 nitrogen and oxygen atoms in total. The van der Waals surface area contributed by atoms with Crippen LogP contribution in [-0.2, 0) is 4.84 Å². The fourth-order valence-electron chi connectivity index (χ4n) is 0.129. The molecule has 0 amide bonds. The van der Waals surface area contributed by atoms with Crippen LogP contribution < -0.4 is 0 Å². The minimum atomic E-state index is 1.51. The van der Waals surface area contributed by atoms with E-state index >= 15 is 0 Å². The van der Waals surface area contributed by atoms with Gasteiger partial charge >= 0.3 is 0 Å². The third-order valence-corrected chi connectivity index (χ3v) is 0.740. The Bertz CT molecular complexity index is 79.8. The van der Waals surface area contributed by atoms with Crippen LogP contribution in [-0.4, -0.2) is 13.3 Å². The Morgan fingerprint density at radius 2 is 2.43 bits per heavy atom. The first-order chi connectivity index (χ1) is 3.41. The Morgan fingerprint density at radius 1 is 1.71 bits per heavy atom. The Hall–Kier alpha value is -0.0600. The Kier molecular flexibility index (Phi) is 5.89. The quantitative estimate of drug-likeness (QED) is 0.386. The van der Waals surface area contributed by atoms with Crippen molar-refractivity contribution >= 4 is 28.8 Å². The fraction of sp³-hybridized carbons (Fsp3) is 0.250. The Balaban J connectivity index is 3.09. The highest BCUT2D eigenvalue weighted by Crippen LogP contribution is 1.79. The number of oxime groups is 1. The van der Waals surface area contributed by atoms with Gasteiger partial charge in [-0.25, -0.2) is 0 Å². The lowest BCUT2D eigenvalue weighted by Crippen LogP contribution is -1.65. The van der Waals surface area contributed by atoms with Crippen LogP contribution in [0.15, 0.2) is 15.3 Å². The molecule has 0 aliphatic carbocycles. The molecule has 3 heteroatoms. The molecule has 0 unspecified atom stereocenters. The van der Waals surface area contributed by atoms with E-state index in [2.05, 4.69) is 32.6 Å². The van der Waals surface area contributed by atoms with Crippen LogP contribution in [0.5, 0.6) is 0 Å². The van der Waals surface area contributed by atoms with Crippen molar-refractivity contribution in [1.82, 2.24) is 0 Å². The van der Waals surface area contributed by atoms with E-state index in [-0.39, 0.29) is 0 Å². The van der Waals surface area contributed by atoms with Gasteiger partial charge in [0.1, 0.15) is 7.11 Å². The Labute approximate surface area is 56.4 Å². The highest BCUT2D eigenvalue weighted by Gasteiger charge is 1.57. The normalized spacial score (nSPS) is 11.1. The van der Waals surface area contributed by atoms with E-state index < -0.39 is 0 Å². The van der Waals surface area contributed by atoms with Crippen molar-refractivity contribution in [2.45, 2.75) is 0 Å². The molecule has 0 fully saturated rings. The predicted molar refractivity (Wildman–Crippen MR) is 38.7 cm³/mol. The first-order valence-corrected chi connectivity index (χ1v) is 2.98. The standard InChI is InChI=1S/C4H6INO/c1-7-6-4-2-3-5/h2-4H,1H3/b3-2-,6-4+. The summed E-state index contributed by atoms with van der Waals surface area (Å²) in [5.74, 6) is 0. The molecule has 0 aromatic heterocycles. The largest absolute Gasteiger partial charge is 0.399 e. The van der Waals surface area contributed by atoms with Crippen LogP contribution in [0.3, 0.4) is 0 Å². The Morgan fingerprint density at radius 3 is 2.86 bits per heavy atom. The minimum absolute atomic E-state index is 1.51. The van der Waals surface area contributed by atoms with E-state index in [1.165, 1.54) is 7.11 Å². The third kappa shape index (κ3) is 5.94. The monoisotopic (exact) mass is 211 g/mol. The zero-order valence-electron chi connectivity index (χ0n) is 3.97. The van der Waals surface area contributed by atoms with Crippen LogP contribution in [0, 0.1) is 0 Å². The molecule has 0 saturated carbocycles. The second kappa shape index (κ2) is 5.94. The van der Waals surface area contributed by atoms with Crippen molar-refractivity contribution < 1.29 is 4.84 Å². The molecular weight excluding hydrogens is 205 g/mol. The fourth-order valence-corrected chi connectivity index (χ4v) is 0.314. The lowest BCUT2D eigenvalue weighted by atomic mass is 10.7. The van der Waals surface area contributed by atoms with Crippen molar-refractivity contribution in [2.75, 3.05) is 7.11 Å². The van der Waals surface area contributed by atoms with Gasteiger partial charge in [0, 0.05) is 0 Å².